The second kappa shape index (κ2) is 27.3. The quantitative estimate of drug-likeness (QED) is 0.0506. The maximum absolute atomic E-state index is 13.6. The molecule has 0 aromatic heterocycles. The van der Waals surface area contributed by atoms with Gasteiger partial charge < -0.3 is 29.2 Å². The number of allylic oxidation sites excluding steroid dienone is 1. The fraction of sp³-hybridized carbons (Fsp3) is 0.679. The van der Waals surface area contributed by atoms with E-state index in [1.807, 2.05) is 26.0 Å². The standard InChI is InChI=1S/C56H74I6O10/c1-8-32(23-38-43(57)26-45(59)51(65)49(38)61)53(67)69-28-36(29-70-54(68)33(9-2)24-39-44(58)27-46(60)52(66)50(39)62)72-48(64)18-17-47(63)71-35-19-21-55(6)34(25-35)13-14-37-41-16-15-40(31(5)12-10-11-30(3)4)56(41,7)22-20-42(37)55/h13,26-27,30-33,35-37,40-42,65-66H,8-12,14-25,28-29H2,1-7H3/t31-,32?,33?,35+,36?,37?,40-,41?,42?,55+,56-/m1/s1. The summed E-state index contributed by atoms with van der Waals surface area (Å²) in [5.41, 5.74) is 3.68. The Kier molecular flexibility index (Phi) is 23.2. The zero-order chi connectivity index (χ0) is 52.8. The molecule has 10 atom stereocenters. The number of esters is 4. The Hall–Kier alpha value is 0.0400. The van der Waals surface area contributed by atoms with Crippen LogP contribution in [0.5, 0.6) is 11.5 Å². The molecular formula is C56H74I6O10. The van der Waals surface area contributed by atoms with E-state index in [1.54, 1.807) is 0 Å². The number of hydrogen-bond donors (Lipinski definition) is 2. The van der Waals surface area contributed by atoms with Crippen LogP contribution in [0, 0.1) is 79.6 Å². The summed E-state index contributed by atoms with van der Waals surface area (Å²) in [4.78, 5) is 54.2. The molecule has 4 aliphatic carbocycles. The molecule has 3 fully saturated rings. The van der Waals surface area contributed by atoms with Gasteiger partial charge in [0.15, 0.2) is 6.10 Å². The third kappa shape index (κ3) is 14.6. The number of ether oxygens (including phenoxy) is 4. The fourth-order valence-corrected chi connectivity index (χ4v) is 20.7. The number of phenols is 2. The monoisotopic (exact) mass is 1670 g/mol. The van der Waals surface area contributed by atoms with Crippen LogP contribution < -0.4 is 0 Å². The van der Waals surface area contributed by atoms with Crippen LogP contribution >= 0.6 is 136 Å². The van der Waals surface area contributed by atoms with E-state index in [-0.39, 0.29) is 49.1 Å². The van der Waals surface area contributed by atoms with E-state index in [0.29, 0.717) is 44.2 Å². The Morgan fingerprint density at radius 3 is 1.81 bits per heavy atom. The van der Waals surface area contributed by atoms with E-state index >= 15 is 0 Å². The Labute approximate surface area is 510 Å². The van der Waals surface area contributed by atoms with Crippen LogP contribution in [-0.2, 0) is 51.0 Å². The van der Waals surface area contributed by atoms with E-state index in [4.69, 9.17) is 18.9 Å². The highest BCUT2D eigenvalue weighted by atomic mass is 127. The van der Waals surface area contributed by atoms with Crippen LogP contribution in [-0.4, -0.2) is 59.5 Å². The van der Waals surface area contributed by atoms with Crippen molar-refractivity contribution >= 4 is 159 Å². The minimum absolute atomic E-state index is 0.120. The lowest BCUT2D eigenvalue weighted by molar-refractivity contribution is -0.170. The summed E-state index contributed by atoms with van der Waals surface area (Å²) in [6, 6.07) is 3.74. The highest BCUT2D eigenvalue weighted by Crippen LogP contribution is 2.67. The van der Waals surface area contributed by atoms with Crippen LogP contribution in [0.3, 0.4) is 0 Å². The number of phenolic OH excluding ortho intramolecular Hbond substituents is 2. The topological polar surface area (TPSA) is 146 Å². The predicted octanol–water partition coefficient (Wildman–Crippen LogP) is 15.3. The van der Waals surface area contributed by atoms with E-state index < -0.39 is 41.8 Å². The molecule has 0 aliphatic heterocycles. The van der Waals surface area contributed by atoms with Crippen molar-refractivity contribution in [3.05, 3.63) is 56.3 Å². The third-order valence-electron chi connectivity index (χ3n) is 17.2. The predicted molar refractivity (Wildman–Crippen MR) is 331 cm³/mol. The van der Waals surface area contributed by atoms with Gasteiger partial charge in [-0.05, 0) is 276 Å². The summed E-state index contributed by atoms with van der Waals surface area (Å²) in [7, 11) is 0. The van der Waals surface area contributed by atoms with Crippen molar-refractivity contribution in [2.45, 2.75) is 170 Å². The van der Waals surface area contributed by atoms with Gasteiger partial charge in [-0.1, -0.05) is 79.4 Å². The number of fused-ring (bicyclic) bond motifs is 5. The van der Waals surface area contributed by atoms with Gasteiger partial charge in [-0.3, -0.25) is 19.2 Å². The summed E-state index contributed by atoms with van der Waals surface area (Å²) in [6.07, 6.45) is 15.3. The summed E-state index contributed by atoms with van der Waals surface area (Å²) < 4.78 is 28.1. The lowest BCUT2D eigenvalue weighted by atomic mass is 9.47. The molecule has 0 heterocycles. The summed E-state index contributed by atoms with van der Waals surface area (Å²) in [5, 5.41) is 21.3. The van der Waals surface area contributed by atoms with Crippen molar-refractivity contribution in [1.29, 1.82) is 0 Å². The second-order valence-electron chi connectivity index (χ2n) is 22.1. The molecule has 5 unspecified atom stereocenters. The molecule has 400 valence electrons. The van der Waals surface area contributed by atoms with Crippen molar-refractivity contribution < 1.29 is 48.3 Å². The summed E-state index contributed by atoms with van der Waals surface area (Å²) >= 11 is 12.8. The first-order valence-electron chi connectivity index (χ1n) is 26.1. The molecule has 0 bridgehead atoms. The lowest BCUT2D eigenvalue weighted by Gasteiger charge is -2.58. The molecule has 0 saturated heterocycles. The molecule has 10 nitrogen and oxygen atoms in total. The smallest absolute Gasteiger partial charge is 0.309 e. The zero-order valence-electron chi connectivity index (χ0n) is 42.9. The maximum Gasteiger partial charge on any atom is 0.309 e. The third-order valence-corrected chi connectivity index (χ3v) is 23.1. The molecule has 4 aliphatic rings. The van der Waals surface area contributed by atoms with Crippen LogP contribution in [0.25, 0.3) is 0 Å². The van der Waals surface area contributed by atoms with E-state index in [1.165, 1.54) is 50.5 Å². The Morgan fingerprint density at radius 2 is 1.26 bits per heavy atom. The molecule has 0 radical (unpaired) electrons. The normalized spacial score (nSPS) is 26.3. The molecule has 0 spiro atoms. The molecule has 2 aromatic rings. The SMILES string of the molecule is CCC(Cc1c(I)cc(I)c(O)c1I)C(=O)OCC(COC(=O)C(CC)Cc1c(I)cc(I)c(O)c1I)OC(=O)CCC(=O)O[C@H]1CC[C@@]2(C)C(=CCC3C2CC[C@@]2(C)C3CC[C@@H]2[C@H](C)CCCC(C)C)C1. The second-order valence-corrected chi connectivity index (χ2v) is 28.9. The zero-order valence-corrected chi connectivity index (χ0v) is 55.8. The number of hydrogen-bond acceptors (Lipinski definition) is 10. The maximum atomic E-state index is 13.6. The molecule has 16 heteroatoms. The van der Waals surface area contributed by atoms with Gasteiger partial charge in [-0.25, -0.2) is 0 Å². The highest BCUT2D eigenvalue weighted by molar-refractivity contribution is 14.1. The Bertz CT molecular complexity index is 2230. The van der Waals surface area contributed by atoms with Gasteiger partial charge in [0.05, 0.1) is 39.0 Å². The first-order valence-corrected chi connectivity index (χ1v) is 32.6. The van der Waals surface area contributed by atoms with E-state index in [0.717, 1.165) is 80.7 Å². The molecule has 3 saturated carbocycles. The number of rotatable bonds is 22. The van der Waals surface area contributed by atoms with Gasteiger partial charge in [0.1, 0.15) is 30.8 Å². The minimum Gasteiger partial charge on any atom is -0.506 e. The van der Waals surface area contributed by atoms with Gasteiger partial charge in [0.2, 0.25) is 0 Å². The number of halogens is 6. The first-order chi connectivity index (χ1) is 34.0. The van der Waals surface area contributed by atoms with E-state index in [9.17, 15) is 29.4 Å². The molecule has 2 aromatic carbocycles. The molecular weight excluding hydrogens is 1590 g/mol. The minimum atomic E-state index is -1.13. The van der Waals surface area contributed by atoms with Crippen LogP contribution in [0.4, 0.5) is 0 Å². The van der Waals surface area contributed by atoms with Gasteiger partial charge in [0, 0.05) is 13.6 Å². The highest BCUT2D eigenvalue weighted by Gasteiger charge is 2.59. The number of carbonyl (C=O) groups excluding carboxylic acids is 4. The molecule has 6 rings (SSSR count). The van der Waals surface area contributed by atoms with Crippen LogP contribution in [0.1, 0.15) is 156 Å². The summed E-state index contributed by atoms with van der Waals surface area (Å²) in [6.45, 7) is 15.4. The average Bonchev–Trinajstić information content (AvgIpc) is 3.70. The van der Waals surface area contributed by atoms with Gasteiger partial charge in [-0.2, -0.15) is 0 Å². The first kappa shape index (κ1) is 61.3. The fourth-order valence-electron chi connectivity index (χ4n) is 13.0. The van der Waals surface area contributed by atoms with Crippen molar-refractivity contribution in [1.82, 2.24) is 0 Å². The lowest BCUT2D eigenvalue weighted by Crippen LogP contribution is -2.51. The van der Waals surface area contributed by atoms with Gasteiger partial charge >= 0.3 is 23.9 Å². The van der Waals surface area contributed by atoms with Crippen molar-refractivity contribution in [2.75, 3.05) is 13.2 Å². The number of aromatic hydroxyl groups is 2. The van der Waals surface area contributed by atoms with Crippen molar-refractivity contribution in [3.63, 3.8) is 0 Å². The Morgan fingerprint density at radius 1 is 0.708 bits per heavy atom. The average molecular weight is 1670 g/mol. The number of carbonyl (C=O) groups is 4. The van der Waals surface area contributed by atoms with E-state index in [2.05, 4.69) is 176 Å². The molecule has 2 N–H and O–H groups in total. The summed E-state index contributed by atoms with van der Waals surface area (Å²) in [5.74, 6) is 1.59. The number of benzene rings is 2. The van der Waals surface area contributed by atoms with Crippen LogP contribution in [0.2, 0.25) is 0 Å². The van der Waals surface area contributed by atoms with Crippen LogP contribution in [0.15, 0.2) is 23.8 Å². The Balaban J connectivity index is 1.05. The van der Waals surface area contributed by atoms with Crippen molar-refractivity contribution in [2.24, 2.45) is 58.2 Å². The largest absolute Gasteiger partial charge is 0.506 e. The van der Waals surface area contributed by atoms with Gasteiger partial charge in [0.25, 0.3) is 0 Å². The molecule has 72 heavy (non-hydrogen) atoms. The van der Waals surface area contributed by atoms with Gasteiger partial charge in [-0.15, -0.1) is 0 Å². The molecule has 0 amide bonds. The van der Waals surface area contributed by atoms with Crippen molar-refractivity contribution in [3.8, 4) is 11.5 Å².